The van der Waals surface area contributed by atoms with E-state index in [2.05, 4.69) is 6.92 Å². The van der Waals surface area contributed by atoms with Crippen LogP contribution in [0.15, 0.2) is 0 Å². The molecule has 10 heavy (non-hydrogen) atoms. The Hall–Kier alpha value is -0.180. The highest BCUT2D eigenvalue weighted by molar-refractivity contribution is 4.75. The zero-order chi connectivity index (χ0) is 7.61. The maximum Gasteiger partial charge on any atom is 0.304 e. The predicted octanol–water partition coefficient (Wildman–Crippen LogP) is 1.90. The summed E-state index contributed by atoms with van der Waals surface area (Å²) >= 11 is 0. The number of likely N-dealkylation sites (tertiary alicyclic amines) is 1. The van der Waals surface area contributed by atoms with E-state index in [1.54, 1.807) is 0 Å². The van der Waals surface area contributed by atoms with Crippen molar-refractivity contribution in [2.75, 3.05) is 13.1 Å². The topological polar surface area (TPSA) is 3.24 Å². The van der Waals surface area contributed by atoms with Gasteiger partial charge < -0.3 is 0 Å². The summed E-state index contributed by atoms with van der Waals surface area (Å²) in [6.07, 6.45) is 1.52. The molecule has 0 aliphatic carbocycles. The molecule has 1 aliphatic rings. The van der Waals surface area contributed by atoms with Crippen LogP contribution in [-0.2, 0) is 0 Å². The van der Waals surface area contributed by atoms with Gasteiger partial charge in [-0.2, -0.15) is 8.78 Å². The van der Waals surface area contributed by atoms with E-state index in [9.17, 15) is 8.78 Å². The lowest BCUT2D eigenvalue weighted by Crippen LogP contribution is -2.44. The van der Waals surface area contributed by atoms with Crippen LogP contribution in [0.3, 0.4) is 0 Å². The molecule has 0 saturated carbocycles. The van der Waals surface area contributed by atoms with Crippen molar-refractivity contribution in [3.63, 3.8) is 0 Å². The molecular formula is C7H12F2N. The van der Waals surface area contributed by atoms with Crippen LogP contribution in [0.4, 0.5) is 8.78 Å². The Balaban J connectivity index is 2.51. The Kier molecular flexibility index (Phi) is 2.24. The Bertz CT molecular complexity index is 114. The SMILES string of the molecule is [CH2]CN1CCCCC1(F)F. The first-order chi connectivity index (χ1) is 4.67. The highest BCUT2D eigenvalue weighted by Gasteiger charge is 2.37. The summed E-state index contributed by atoms with van der Waals surface area (Å²) in [5.41, 5.74) is 0. The van der Waals surface area contributed by atoms with Crippen LogP contribution in [0.25, 0.3) is 0 Å². The smallest absolute Gasteiger partial charge is 0.245 e. The summed E-state index contributed by atoms with van der Waals surface area (Å²) in [6, 6.07) is -2.58. The van der Waals surface area contributed by atoms with Gasteiger partial charge in [-0.25, -0.2) is 4.90 Å². The normalized spacial score (nSPS) is 26.7. The zero-order valence-electron chi connectivity index (χ0n) is 5.95. The van der Waals surface area contributed by atoms with Crippen LogP contribution in [0.1, 0.15) is 19.3 Å². The minimum atomic E-state index is -2.58. The fourth-order valence-corrected chi connectivity index (χ4v) is 1.24. The largest absolute Gasteiger partial charge is 0.304 e. The number of hydrogen-bond donors (Lipinski definition) is 0. The van der Waals surface area contributed by atoms with Crippen molar-refractivity contribution < 1.29 is 8.78 Å². The summed E-state index contributed by atoms with van der Waals surface area (Å²) < 4.78 is 25.5. The molecule has 0 aromatic heterocycles. The maximum atomic E-state index is 12.8. The molecule has 3 heteroatoms. The third-order valence-electron chi connectivity index (χ3n) is 1.89. The molecule has 1 rings (SSSR count). The van der Waals surface area contributed by atoms with Crippen LogP contribution < -0.4 is 0 Å². The minimum absolute atomic E-state index is 0.00250. The summed E-state index contributed by atoms with van der Waals surface area (Å²) in [5, 5.41) is 0. The van der Waals surface area contributed by atoms with Crippen molar-refractivity contribution >= 4 is 0 Å². The van der Waals surface area contributed by atoms with Crippen LogP contribution >= 0.6 is 0 Å². The van der Waals surface area contributed by atoms with Crippen LogP contribution in [0.5, 0.6) is 0 Å². The Labute approximate surface area is 60.0 Å². The van der Waals surface area contributed by atoms with Gasteiger partial charge in [0, 0.05) is 19.5 Å². The molecular weight excluding hydrogens is 136 g/mol. The highest BCUT2D eigenvalue weighted by Crippen LogP contribution is 2.30. The average Bonchev–Trinajstić information content (AvgIpc) is 1.87. The molecule has 0 aromatic carbocycles. The Morgan fingerprint density at radius 3 is 2.50 bits per heavy atom. The molecule has 59 valence electrons. The third kappa shape index (κ3) is 1.45. The molecule has 0 unspecified atom stereocenters. The first kappa shape index (κ1) is 7.92. The molecule has 0 spiro atoms. The highest BCUT2D eigenvalue weighted by atomic mass is 19.3. The van der Waals surface area contributed by atoms with Gasteiger partial charge in [0.1, 0.15) is 0 Å². The first-order valence-electron chi connectivity index (χ1n) is 3.59. The monoisotopic (exact) mass is 148 g/mol. The van der Waals surface area contributed by atoms with Gasteiger partial charge in [0.15, 0.2) is 0 Å². The second-order valence-corrected chi connectivity index (χ2v) is 2.61. The molecule has 0 N–H and O–H groups in total. The van der Waals surface area contributed by atoms with Gasteiger partial charge in [0.2, 0.25) is 0 Å². The standard InChI is InChI=1S/C7H12F2N/c1-2-10-6-4-3-5-7(10,8)9/h1-6H2. The predicted molar refractivity (Wildman–Crippen MR) is 35.7 cm³/mol. The molecule has 1 saturated heterocycles. The fraction of sp³-hybridized carbons (Fsp3) is 0.857. The van der Waals surface area contributed by atoms with E-state index >= 15 is 0 Å². The third-order valence-corrected chi connectivity index (χ3v) is 1.89. The quantitative estimate of drug-likeness (QED) is 0.513. The van der Waals surface area contributed by atoms with E-state index in [0.29, 0.717) is 13.0 Å². The van der Waals surface area contributed by atoms with Crippen LogP contribution in [0.2, 0.25) is 0 Å². The molecule has 1 heterocycles. The molecule has 0 aromatic rings. The summed E-state index contributed by atoms with van der Waals surface area (Å²) in [4.78, 5) is 1.14. The number of piperidine rings is 1. The van der Waals surface area contributed by atoms with Gasteiger partial charge in [-0.1, -0.05) is 0 Å². The summed E-state index contributed by atoms with van der Waals surface area (Å²) in [6.45, 7) is 4.16. The number of nitrogens with zero attached hydrogens (tertiary/aromatic N) is 1. The van der Waals surface area contributed by atoms with Gasteiger partial charge in [-0.05, 0) is 19.8 Å². The second-order valence-electron chi connectivity index (χ2n) is 2.61. The molecule has 0 atom stereocenters. The van der Waals surface area contributed by atoms with Crippen LogP contribution in [0, 0.1) is 6.92 Å². The average molecular weight is 148 g/mol. The molecule has 1 fully saturated rings. The van der Waals surface area contributed by atoms with E-state index in [1.165, 1.54) is 0 Å². The number of alkyl halides is 2. The van der Waals surface area contributed by atoms with E-state index in [0.717, 1.165) is 11.3 Å². The van der Waals surface area contributed by atoms with Crippen molar-refractivity contribution in [3.8, 4) is 0 Å². The van der Waals surface area contributed by atoms with Gasteiger partial charge in [-0.3, -0.25) is 0 Å². The van der Waals surface area contributed by atoms with Gasteiger partial charge in [0.25, 0.3) is 0 Å². The fourth-order valence-electron chi connectivity index (χ4n) is 1.24. The lowest BCUT2D eigenvalue weighted by molar-refractivity contribution is -0.162. The maximum absolute atomic E-state index is 12.8. The molecule has 1 aliphatic heterocycles. The van der Waals surface area contributed by atoms with E-state index < -0.39 is 6.05 Å². The first-order valence-corrected chi connectivity index (χ1v) is 3.59. The van der Waals surface area contributed by atoms with Crippen molar-refractivity contribution in [2.24, 2.45) is 0 Å². The van der Waals surface area contributed by atoms with Gasteiger partial charge in [-0.15, -0.1) is 0 Å². The van der Waals surface area contributed by atoms with Crippen molar-refractivity contribution in [2.45, 2.75) is 25.3 Å². The van der Waals surface area contributed by atoms with Gasteiger partial charge >= 0.3 is 6.05 Å². The Morgan fingerprint density at radius 2 is 2.10 bits per heavy atom. The van der Waals surface area contributed by atoms with Crippen molar-refractivity contribution in [1.82, 2.24) is 4.90 Å². The summed E-state index contributed by atoms with van der Waals surface area (Å²) in [7, 11) is 0. The second kappa shape index (κ2) is 2.82. The van der Waals surface area contributed by atoms with Crippen molar-refractivity contribution in [3.05, 3.63) is 6.92 Å². The minimum Gasteiger partial charge on any atom is -0.245 e. The summed E-state index contributed by atoms with van der Waals surface area (Å²) in [5.74, 6) is 0. The van der Waals surface area contributed by atoms with Gasteiger partial charge in [0.05, 0.1) is 0 Å². The lowest BCUT2D eigenvalue weighted by atomic mass is 10.1. The number of halogens is 2. The molecule has 1 radical (unpaired) electrons. The van der Waals surface area contributed by atoms with E-state index in [4.69, 9.17) is 0 Å². The Morgan fingerprint density at radius 1 is 1.40 bits per heavy atom. The van der Waals surface area contributed by atoms with Crippen molar-refractivity contribution in [1.29, 1.82) is 0 Å². The zero-order valence-corrected chi connectivity index (χ0v) is 5.95. The molecule has 0 amide bonds. The molecule has 0 bridgehead atoms. The molecule has 1 nitrogen and oxygen atoms in total. The number of rotatable bonds is 1. The van der Waals surface area contributed by atoms with Crippen LogP contribution in [-0.4, -0.2) is 24.0 Å². The van der Waals surface area contributed by atoms with E-state index in [1.807, 2.05) is 0 Å². The number of hydrogen-bond acceptors (Lipinski definition) is 1. The van der Waals surface area contributed by atoms with E-state index in [-0.39, 0.29) is 13.0 Å². The lowest BCUT2D eigenvalue weighted by Gasteiger charge is -2.33.